The Morgan fingerprint density at radius 2 is 1.67 bits per heavy atom. The minimum atomic E-state index is -2.69. The van der Waals surface area contributed by atoms with Crippen molar-refractivity contribution in [1.29, 1.82) is 0 Å². The molecule has 0 fully saturated rings. The van der Waals surface area contributed by atoms with Crippen molar-refractivity contribution in [3.8, 4) is 0 Å². The van der Waals surface area contributed by atoms with E-state index in [1.807, 2.05) is 0 Å². The van der Waals surface area contributed by atoms with Gasteiger partial charge in [0, 0.05) is 0 Å². The third-order valence-corrected chi connectivity index (χ3v) is 1.41. The summed E-state index contributed by atoms with van der Waals surface area (Å²) in [7, 11) is 0. The first-order valence-electron chi connectivity index (χ1n) is 3.39. The summed E-state index contributed by atoms with van der Waals surface area (Å²) in [6.45, 7) is 0. The SMILES string of the molecule is NOC(=O)CC(O)(CC(=O)O)C(=O)O.O. The summed E-state index contributed by atoms with van der Waals surface area (Å²) in [6.07, 6.45) is -2.14. The van der Waals surface area contributed by atoms with Gasteiger partial charge in [-0.3, -0.25) is 9.59 Å². The Bertz CT molecular complexity index is 264. The Morgan fingerprint density at radius 1 is 1.20 bits per heavy atom. The summed E-state index contributed by atoms with van der Waals surface area (Å²) in [5.74, 6) is -0.187. The van der Waals surface area contributed by atoms with E-state index in [9.17, 15) is 19.5 Å². The van der Waals surface area contributed by atoms with Gasteiger partial charge in [-0.15, -0.1) is 0 Å². The summed E-state index contributed by atoms with van der Waals surface area (Å²) in [4.78, 5) is 34.8. The predicted octanol–water partition coefficient (Wildman–Crippen LogP) is -2.74. The molecule has 0 rings (SSSR count). The molecule has 88 valence electrons. The highest BCUT2D eigenvalue weighted by Crippen LogP contribution is 2.16. The molecule has 9 nitrogen and oxygen atoms in total. The Labute approximate surface area is 83.3 Å². The van der Waals surface area contributed by atoms with Gasteiger partial charge in [-0.25, -0.2) is 4.79 Å². The second kappa shape index (κ2) is 5.90. The van der Waals surface area contributed by atoms with Crippen LogP contribution >= 0.6 is 0 Å². The van der Waals surface area contributed by atoms with E-state index in [1.54, 1.807) is 0 Å². The number of hydrogen-bond acceptors (Lipinski definition) is 6. The number of carbonyl (C=O) groups is 3. The quantitative estimate of drug-likeness (QED) is 0.363. The van der Waals surface area contributed by atoms with Crippen LogP contribution in [0.4, 0.5) is 0 Å². The molecule has 7 N–H and O–H groups in total. The smallest absolute Gasteiger partial charge is 0.336 e. The van der Waals surface area contributed by atoms with Gasteiger partial charge in [0.1, 0.15) is 0 Å². The van der Waals surface area contributed by atoms with Crippen LogP contribution in [0, 0.1) is 0 Å². The van der Waals surface area contributed by atoms with Gasteiger partial charge in [0.05, 0.1) is 12.8 Å². The molecule has 0 aliphatic heterocycles. The molecule has 1 atom stereocenters. The molecule has 15 heavy (non-hydrogen) atoms. The van der Waals surface area contributed by atoms with E-state index in [-0.39, 0.29) is 5.48 Å². The summed E-state index contributed by atoms with van der Waals surface area (Å²) >= 11 is 0. The first-order chi connectivity index (χ1) is 6.31. The van der Waals surface area contributed by atoms with E-state index in [4.69, 9.17) is 10.2 Å². The van der Waals surface area contributed by atoms with Crippen molar-refractivity contribution in [3.05, 3.63) is 0 Å². The third-order valence-electron chi connectivity index (χ3n) is 1.41. The van der Waals surface area contributed by atoms with Crippen molar-refractivity contribution >= 4 is 17.9 Å². The minimum absolute atomic E-state index is 0. The van der Waals surface area contributed by atoms with Crippen molar-refractivity contribution in [1.82, 2.24) is 0 Å². The van der Waals surface area contributed by atoms with E-state index in [0.717, 1.165) is 0 Å². The van der Waals surface area contributed by atoms with Gasteiger partial charge in [0.2, 0.25) is 0 Å². The molecule has 0 aromatic carbocycles. The van der Waals surface area contributed by atoms with Crippen molar-refractivity contribution in [2.45, 2.75) is 18.4 Å². The summed E-state index contributed by atoms with van der Waals surface area (Å²) in [5.41, 5.74) is -2.69. The number of carboxylic acid groups (broad SMARTS) is 2. The molecule has 0 saturated carbocycles. The molecular weight excluding hydrogens is 214 g/mol. The fourth-order valence-corrected chi connectivity index (χ4v) is 0.744. The number of carboxylic acids is 2. The third kappa shape index (κ3) is 4.90. The van der Waals surface area contributed by atoms with Gasteiger partial charge in [0.15, 0.2) is 5.60 Å². The van der Waals surface area contributed by atoms with E-state index in [0.29, 0.717) is 0 Å². The van der Waals surface area contributed by atoms with Crippen LogP contribution < -0.4 is 5.90 Å². The highest BCUT2D eigenvalue weighted by Gasteiger charge is 2.41. The molecule has 0 radical (unpaired) electrons. The molecule has 0 aliphatic carbocycles. The molecule has 1 unspecified atom stereocenters. The molecule has 0 spiro atoms. The van der Waals surface area contributed by atoms with E-state index in [1.165, 1.54) is 0 Å². The van der Waals surface area contributed by atoms with Crippen LogP contribution in [0.2, 0.25) is 0 Å². The molecule has 9 heteroatoms. The lowest BCUT2D eigenvalue weighted by molar-refractivity contribution is -0.172. The van der Waals surface area contributed by atoms with Gasteiger partial charge < -0.3 is 25.6 Å². The molecular formula is C6H11NO8. The molecule has 0 bridgehead atoms. The highest BCUT2D eigenvalue weighted by atomic mass is 16.7. The lowest BCUT2D eigenvalue weighted by atomic mass is 9.96. The number of aliphatic hydroxyl groups is 1. The van der Waals surface area contributed by atoms with Crippen molar-refractivity contribution in [3.63, 3.8) is 0 Å². The van der Waals surface area contributed by atoms with Crippen molar-refractivity contribution in [2.24, 2.45) is 5.90 Å². The number of carbonyl (C=O) groups excluding carboxylic acids is 1. The lowest BCUT2D eigenvalue weighted by Crippen LogP contribution is -2.43. The second-order valence-electron chi connectivity index (χ2n) is 2.57. The number of rotatable bonds is 5. The standard InChI is InChI=1S/C6H9NO7.H2O/c7-14-4(10)2-6(13,5(11)12)1-3(8)9;/h13H,1-2,7H2,(H,8,9)(H,11,12);1H2. The number of hydrogen-bond donors (Lipinski definition) is 4. The highest BCUT2D eigenvalue weighted by molar-refractivity contribution is 5.88. The molecule has 0 amide bonds. The maximum absolute atomic E-state index is 10.5. The van der Waals surface area contributed by atoms with Crippen molar-refractivity contribution < 1.29 is 40.0 Å². The normalized spacial score (nSPS) is 13.2. The van der Waals surface area contributed by atoms with E-state index >= 15 is 0 Å². The van der Waals surface area contributed by atoms with Gasteiger partial charge in [0.25, 0.3) is 0 Å². The topological polar surface area (TPSA) is 179 Å². The minimum Gasteiger partial charge on any atom is -0.481 e. The summed E-state index contributed by atoms with van der Waals surface area (Å²) < 4.78 is 0. The maximum Gasteiger partial charge on any atom is 0.336 e. The Hall–Kier alpha value is -1.71. The fourth-order valence-electron chi connectivity index (χ4n) is 0.744. The van der Waals surface area contributed by atoms with E-state index in [2.05, 4.69) is 10.7 Å². The van der Waals surface area contributed by atoms with Crippen molar-refractivity contribution in [2.75, 3.05) is 0 Å². The Kier molecular flexibility index (Phi) is 6.20. The van der Waals surface area contributed by atoms with Crippen LogP contribution in [-0.2, 0) is 19.2 Å². The first kappa shape index (κ1) is 15.7. The van der Waals surface area contributed by atoms with Gasteiger partial charge in [-0.2, -0.15) is 5.90 Å². The molecule has 0 aromatic rings. The van der Waals surface area contributed by atoms with Crippen LogP contribution in [-0.4, -0.2) is 44.3 Å². The monoisotopic (exact) mass is 225 g/mol. The van der Waals surface area contributed by atoms with E-state index < -0.39 is 36.4 Å². The van der Waals surface area contributed by atoms with Crippen LogP contribution in [0.15, 0.2) is 0 Å². The zero-order valence-electron chi connectivity index (χ0n) is 7.47. The Balaban J connectivity index is 0. The average molecular weight is 225 g/mol. The van der Waals surface area contributed by atoms with Gasteiger partial charge in [-0.1, -0.05) is 0 Å². The summed E-state index contributed by atoms with van der Waals surface area (Å²) in [6, 6.07) is 0. The summed E-state index contributed by atoms with van der Waals surface area (Å²) in [5, 5.41) is 26.0. The number of aliphatic carboxylic acids is 2. The van der Waals surface area contributed by atoms with Crippen LogP contribution in [0.5, 0.6) is 0 Å². The van der Waals surface area contributed by atoms with Gasteiger partial charge >= 0.3 is 17.9 Å². The van der Waals surface area contributed by atoms with Crippen LogP contribution in [0.25, 0.3) is 0 Å². The van der Waals surface area contributed by atoms with Crippen LogP contribution in [0.1, 0.15) is 12.8 Å². The average Bonchev–Trinajstić information content (AvgIpc) is 2.02. The van der Waals surface area contributed by atoms with Crippen LogP contribution in [0.3, 0.4) is 0 Å². The maximum atomic E-state index is 10.5. The number of nitrogens with two attached hydrogens (primary N) is 1. The second-order valence-corrected chi connectivity index (χ2v) is 2.57. The predicted molar refractivity (Wildman–Crippen MR) is 43.3 cm³/mol. The molecule has 0 saturated heterocycles. The molecule has 0 aromatic heterocycles. The molecule has 0 heterocycles. The largest absolute Gasteiger partial charge is 0.481 e. The first-order valence-corrected chi connectivity index (χ1v) is 3.39. The van der Waals surface area contributed by atoms with Gasteiger partial charge in [-0.05, 0) is 0 Å². The zero-order chi connectivity index (χ0) is 11.4. The Morgan fingerprint density at radius 3 is 1.93 bits per heavy atom. The zero-order valence-corrected chi connectivity index (χ0v) is 7.47. The lowest BCUT2D eigenvalue weighted by Gasteiger charge is -2.19. The molecule has 0 aliphatic rings. The fraction of sp³-hybridized carbons (Fsp3) is 0.500.